The summed E-state index contributed by atoms with van der Waals surface area (Å²) in [4.78, 5) is 16.6. The van der Waals surface area contributed by atoms with Crippen LogP contribution in [0.25, 0.3) is 21.8 Å². The summed E-state index contributed by atoms with van der Waals surface area (Å²) in [5.41, 5.74) is 3.37. The van der Waals surface area contributed by atoms with Crippen LogP contribution in [0.1, 0.15) is 21.3 Å². The van der Waals surface area contributed by atoms with Crippen LogP contribution in [0.15, 0.2) is 72.8 Å². The lowest BCUT2D eigenvalue weighted by Gasteiger charge is -2.25. The molecule has 1 aliphatic rings. The van der Waals surface area contributed by atoms with Crippen molar-refractivity contribution >= 4 is 38.7 Å². The molecule has 1 heterocycles. The van der Waals surface area contributed by atoms with Crippen molar-refractivity contribution < 1.29 is 23.1 Å². The highest BCUT2D eigenvalue weighted by molar-refractivity contribution is 7.91. The van der Waals surface area contributed by atoms with Crippen LogP contribution in [0.5, 0.6) is 5.75 Å². The molecule has 0 radical (unpaired) electrons. The van der Waals surface area contributed by atoms with Gasteiger partial charge in [0.2, 0.25) is 0 Å². The van der Waals surface area contributed by atoms with E-state index in [0.29, 0.717) is 37.5 Å². The number of benzene rings is 3. The number of sulfone groups is 1. The Morgan fingerprint density at radius 1 is 1.03 bits per heavy atom. The fraction of sp³-hybridized carbons (Fsp3) is 0.154. The van der Waals surface area contributed by atoms with Gasteiger partial charge in [0.05, 0.1) is 21.3 Å². The van der Waals surface area contributed by atoms with Crippen LogP contribution in [-0.4, -0.2) is 31.1 Å². The molecule has 0 amide bonds. The van der Waals surface area contributed by atoms with Crippen LogP contribution in [-0.2, 0) is 26.8 Å². The molecule has 9 heteroatoms. The maximum absolute atomic E-state index is 13.7. The molecule has 0 bridgehead atoms. The Morgan fingerprint density at radius 3 is 2.49 bits per heavy atom. The Morgan fingerprint density at radius 2 is 1.74 bits per heavy atom. The predicted molar refractivity (Wildman–Crippen MR) is 137 cm³/mol. The number of hydrogen-bond donors (Lipinski definition) is 1. The van der Waals surface area contributed by atoms with E-state index in [4.69, 9.17) is 26.4 Å². The normalized spacial score (nSPS) is 14.7. The minimum absolute atomic E-state index is 0.120. The summed E-state index contributed by atoms with van der Waals surface area (Å²) in [5, 5.41) is 9.40. The molecule has 0 spiro atoms. The molecular weight excluding hydrogens is 506 g/mol. The van der Waals surface area contributed by atoms with Gasteiger partial charge in [0.15, 0.2) is 16.4 Å². The number of ether oxygens (including phenoxy) is 1. The standard InChI is InChI=1S/C26H20ClNO5S2/c27-20-11-5-4-9-18(20)26-28-24-17-10-6-12-21(33-14-23(29)30)19(17)13-22(25(24)34-26)35(31,32)15-16-7-2-1-3-8-16/h1-12,22H,13-15H2,(H,29,30). The molecule has 4 aromatic rings. The maximum atomic E-state index is 13.7. The van der Waals surface area contributed by atoms with E-state index in [1.54, 1.807) is 30.3 Å². The number of carbonyl (C=O) groups is 1. The van der Waals surface area contributed by atoms with E-state index in [2.05, 4.69) is 0 Å². The number of halogens is 1. The van der Waals surface area contributed by atoms with Gasteiger partial charge < -0.3 is 9.84 Å². The summed E-state index contributed by atoms with van der Waals surface area (Å²) in [6.45, 7) is -0.521. The van der Waals surface area contributed by atoms with Crippen LogP contribution in [0.2, 0.25) is 5.02 Å². The minimum atomic E-state index is -3.65. The van der Waals surface area contributed by atoms with Crippen molar-refractivity contribution in [1.82, 2.24) is 4.98 Å². The molecule has 35 heavy (non-hydrogen) atoms. The molecule has 0 fully saturated rings. The smallest absolute Gasteiger partial charge is 0.341 e. The number of rotatable bonds is 7. The summed E-state index contributed by atoms with van der Waals surface area (Å²) in [5.74, 6) is -0.880. The van der Waals surface area contributed by atoms with Gasteiger partial charge in [0.1, 0.15) is 16.0 Å². The van der Waals surface area contributed by atoms with Gasteiger partial charge in [-0.2, -0.15) is 0 Å². The van der Waals surface area contributed by atoms with Crippen molar-refractivity contribution in [1.29, 1.82) is 0 Å². The summed E-state index contributed by atoms with van der Waals surface area (Å²) in [6, 6.07) is 21.6. The van der Waals surface area contributed by atoms with E-state index >= 15 is 0 Å². The number of aliphatic carboxylic acids is 1. The number of nitrogens with zero attached hydrogens (tertiary/aromatic N) is 1. The van der Waals surface area contributed by atoms with Gasteiger partial charge in [-0.05, 0) is 24.1 Å². The van der Waals surface area contributed by atoms with Gasteiger partial charge in [-0.25, -0.2) is 18.2 Å². The van der Waals surface area contributed by atoms with Gasteiger partial charge in [0.25, 0.3) is 0 Å². The van der Waals surface area contributed by atoms with Crippen molar-refractivity contribution in [3.8, 4) is 27.6 Å². The number of aromatic nitrogens is 1. The lowest BCUT2D eigenvalue weighted by atomic mass is 9.92. The zero-order valence-electron chi connectivity index (χ0n) is 18.3. The predicted octanol–water partition coefficient (Wildman–Crippen LogP) is 5.81. The van der Waals surface area contributed by atoms with Crippen LogP contribution < -0.4 is 4.74 Å². The molecule has 5 rings (SSSR count). The first-order valence-corrected chi connectivity index (χ1v) is 13.7. The lowest BCUT2D eigenvalue weighted by Crippen LogP contribution is -2.22. The van der Waals surface area contributed by atoms with Gasteiger partial charge >= 0.3 is 5.97 Å². The third-order valence-corrected chi connectivity index (χ3v) is 9.51. The first-order chi connectivity index (χ1) is 16.8. The topological polar surface area (TPSA) is 93.6 Å². The second-order valence-electron chi connectivity index (χ2n) is 8.16. The SMILES string of the molecule is O=C(O)COc1cccc2c1CC(S(=O)(=O)Cc1ccccc1)c1sc(-c3ccccc3Cl)nc1-2. The first-order valence-electron chi connectivity index (χ1n) is 10.8. The van der Waals surface area contributed by atoms with E-state index in [9.17, 15) is 13.2 Å². The third-order valence-electron chi connectivity index (χ3n) is 5.82. The fourth-order valence-electron chi connectivity index (χ4n) is 4.24. The molecule has 6 nitrogen and oxygen atoms in total. The monoisotopic (exact) mass is 525 g/mol. The Hall–Kier alpha value is -3.20. The van der Waals surface area contributed by atoms with Gasteiger partial charge in [0, 0.05) is 16.7 Å². The zero-order valence-corrected chi connectivity index (χ0v) is 20.7. The Labute approximate surface area is 211 Å². The minimum Gasteiger partial charge on any atom is -0.482 e. The van der Waals surface area contributed by atoms with E-state index in [0.717, 1.165) is 11.1 Å². The summed E-state index contributed by atoms with van der Waals surface area (Å²) in [7, 11) is -3.65. The molecule has 0 saturated heterocycles. The van der Waals surface area contributed by atoms with Crippen molar-refractivity contribution in [2.75, 3.05) is 6.61 Å². The molecule has 1 unspecified atom stereocenters. The Kier molecular flexibility index (Phi) is 6.35. The van der Waals surface area contributed by atoms with Crippen molar-refractivity contribution in [3.05, 3.63) is 93.8 Å². The average Bonchev–Trinajstić information content (AvgIpc) is 3.28. The molecule has 1 N–H and O–H groups in total. The Balaban J connectivity index is 1.65. The lowest BCUT2D eigenvalue weighted by molar-refractivity contribution is -0.139. The van der Waals surface area contributed by atoms with Crippen LogP contribution >= 0.6 is 22.9 Å². The maximum Gasteiger partial charge on any atom is 0.341 e. The average molecular weight is 526 g/mol. The second kappa shape index (κ2) is 9.45. The highest BCUT2D eigenvalue weighted by atomic mass is 35.5. The van der Waals surface area contributed by atoms with Crippen molar-refractivity contribution in [2.45, 2.75) is 17.4 Å². The molecular formula is C26H20ClNO5S2. The highest BCUT2D eigenvalue weighted by Crippen LogP contribution is 2.50. The molecule has 178 valence electrons. The second-order valence-corrected chi connectivity index (χ2v) is 11.8. The van der Waals surface area contributed by atoms with Crippen LogP contribution in [0, 0.1) is 0 Å². The van der Waals surface area contributed by atoms with E-state index in [1.165, 1.54) is 11.3 Å². The van der Waals surface area contributed by atoms with Crippen LogP contribution in [0.4, 0.5) is 0 Å². The molecule has 0 saturated carbocycles. The number of hydrogen-bond acceptors (Lipinski definition) is 6. The number of thiazole rings is 1. The van der Waals surface area contributed by atoms with Crippen LogP contribution in [0.3, 0.4) is 0 Å². The van der Waals surface area contributed by atoms with Crippen molar-refractivity contribution in [3.63, 3.8) is 0 Å². The van der Waals surface area contributed by atoms with E-state index < -0.39 is 27.7 Å². The van der Waals surface area contributed by atoms with E-state index in [1.807, 2.05) is 42.5 Å². The number of carboxylic acids is 1. The first kappa shape index (κ1) is 23.5. The summed E-state index contributed by atoms with van der Waals surface area (Å²) in [6.07, 6.45) is 0.164. The molecule has 1 aromatic heterocycles. The quantitative estimate of drug-likeness (QED) is 0.327. The zero-order chi connectivity index (χ0) is 24.6. The molecule has 0 aliphatic heterocycles. The van der Waals surface area contributed by atoms with Gasteiger partial charge in [-0.3, -0.25) is 0 Å². The highest BCUT2D eigenvalue weighted by Gasteiger charge is 2.38. The van der Waals surface area contributed by atoms with Gasteiger partial charge in [-0.1, -0.05) is 72.3 Å². The molecule has 1 atom stereocenters. The third kappa shape index (κ3) is 4.69. The summed E-state index contributed by atoms with van der Waals surface area (Å²) < 4.78 is 33.0. The molecule has 1 aliphatic carbocycles. The number of carboxylic acid groups (broad SMARTS) is 1. The summed E-state index contributed by atoms with van der Waals surface area (Å²) >= 11 is 7.75. The Bertz CT molecular complexity index is 1520. The molecule has 3 aromatic carbocycles. The largest absolute Gasteiger partial charge is 0.482 e. The fourth-order valence-corrected chi connectivity index (χ4v) is 7.92. The number of fused-ring (bicyclic) bond motifs is 3. The van der Waals surface area contributed by atoms with Gasteiger partial charge in [-0.15, -0.1) is 11.3 Å². The van der Waals surface area contributed by atoms with Crippen molar-refractivity contribution in [2.24, 2.45) is 0 Å². The van der Waals surface area contributed by atoms with E-state index in [-0.39, 0.29) is 12.2 Å².